The Labute approximate surface area is 121 Å². The first-order valence-electron chi connectivity index (χ1n) is 8.00. The van der Waals surface area contributed by atoms with Crippen LogP contribution < -0.4 is 0 Å². The largest absolute Gasteiger partial charge is 0.481 e. The number of hydrogen-bond acceptors (Lipinski definition) is 2. The molecule has 4 nitrogen and oxygen atoms in total. The summed E-state index contributed by atoms with van der Waals surface area (Å²) >= 11 is 0. The monoisotopic (exact) mass is 281 g/mol. The number of nitrogens with zero attached hydrogens (tertiary/aromatic N) is 1. The van der Waals surface area contributed by atoms with Gasteiger partial charge >= 0.3 is 5.97 Å². The molecule has 1 amide bonds. The highest BCUT2D eigenvalue weighted by Gasteiger charge is 2.36. The van der Waals surface area contributed by atoms with Crippen LogP contribution in [0, 0.1) is 23.7 Å². The lowest BCUT2D eigenvalue weighted by Gasteiger charge is -2.24. The molecule has 2 rings (SSSR count). The van der Waals surface area contributed by atoms with Gasteiger partial charge < -0.3 is 10.0 Å². The molecule has 2 fully saturated rings. The van der Waals surface area contributed by atoms with Crippen LogP contribution in [0.5, 0.6) is 0 Å². The first kappa shape index (κ1) is 15.3. The highest BCUT2D eigenvalue weighted by Crippen LogP contribution is 2.33. The summed E-state index contributed by atoms with van der Waals surface area (Å²) in [7, 11) is 0. The molecule has 0 spiro atoms. The molecule has 114 valence electrons. The van der Waals surface area contributed by atoms with Crippen molar-refractivity contribution < 1.29 is 14.7 Å². The van der Waals surface area contributed by atoms with Crippen LogP contribution in [-0.4, -0.2) is 35.0 Å². The molecule has 1 saturated heterocycles. The average Bonchev–Trinajstić information content (AvgIpc) is 2.76. The molecular formula is C16H27NO3. The number of rotatable bonds is 3. The summed E-state index contributed by atoms with van der Waals surface area (Å²) in [5.74, 6) is 0.524. The molecule has 1 heterocycles. The molecule has 1 aliphatic heterocycles. The van der Waals surface area contributed by atoms with Gasteiger partial charge in [0, 0.05) is 19.0 Å². The molecule has 0 aromatic carbocycles. The van der Waals surface area contributed by atoms with E-state index in [1.54, 1.807) is 0 Å². The summed E-state index contributed by atoms with van der Waals surface area (Å²) < 4.78 is 0. The van der Waals surface area contributed by atoms with E-state index in [-0.39, 0.29) is 17.7 Å². The standard InChI is InChI=1S/C16H27NO3/c1-11(2)12-4-3-8-17(9-7-12)15(18)13-5-6-14(10-13)16(19)20/h11-14H,3-10H2,1-2H3,(H,19,20)/t12?,13-,14+/m1/s1. The number of hydrogen-bond donors (Lipinski definition) is 1. The maximum Gasteiger partial charge on any atom is 0.306 e. The van der Waals surface area contributed by atoms with E-state index < -0.39 is 5.97 Å². The second-order valence-corrected chi connectivity index (χ2v) is 6.81. The summed E-state index contributed by atoms with van der Waals surface area (Å²) in [6.07, 6.45) is 5.35. The van der Waals surface area contributed by atoms with Gasteiger partial charge in [-0.05, 0) is 50.4 Å². The summed E-state index contributed by atoms with van der Waals surface area (Å²) in [5.41, 5.74) is 0. The summed E-state index contributed by atoms with van der Waals surface area (Å²) in [6.45, 7) is 6.24. The number of amides is 1. The fraction of sp³-hybridized carbons (Fsp3) is 0.875. The van der Waals surface area contributed by atoms with Gasteiger partial charge in [-0.25, -0.2) is 0 Å². The van der Waals surface area contributed by atoms with Gasteiger partial charge in [0.25, 0.3) is 0 Å². The first-order chi connectivity index (χ1) is 9.49. The summed E-state index contributed by atoms with van der Waals surface area (Å²) in [6, 6.07) is 0. The highest BCUT2D eigenvalue weighted by atomic mass is 16.4. The van der Waals surface area contributed by atoms with Crippen molar-refractivity contribution in [1.29, 1.82) is 0 Å². The van der Waals surface area contributed by atoms with E-state index in [4.69, 9.17) is 5.11 Å². The summed E-state index contributed by atoms with van der Waals surface area (Å²) in [4.78, 5) is 25.5. The molecule has 4 heteroatoms. The van der Waals surface area contributed by atoms with Crippen molar-refractivity contribution in [2.24, 2.45) is 23.7 Å². The molecule has 0 bridgehead atoms. The number of likely N-dealkylation sites (tertiary alicyclic amines) is 1. The van der Waals surface area contributed by atoms with Crippen molar-refractivity contribution in [3.8, 4) is 0 Å². The molecule has 1 N–H and O–H groups in total. The van der Waals surface area contributed by atoms with Gasteiger partial charge in [0.05, 0.1) is 5.92 Å². The predicted molar refractivity (Wildman–Crippen MR) is 77.2 cm³/mol. The van der Waals surface area contributed by atoms with E-state index in [9.17, 15) is 9.59 Å². The molecule has 20 heavy (non-hydrogen) atoms. The van der Waals surface area contributed by atoms with Gasteiger partial charge in [0.1, 0.15) is 0 Å². The van der Waals surface area contributed by atoms with E-state index in [1.807, 2.05) is 4.90 Å². The second kappa shape index (κ2) is 6.59. The van der Waals surface area contributed by atoms with Gasteiger partial charge in [0.15, 0.2) is 0 Å². The Hall–Kier alpha value is -1.06. The maximum absolute atomic E-state index is 12.5. The highest BCUT2D eigenvalue weighted by molar-refractivity contribution is 5.81. The Kier molecular flexibility index (Phi) is 5.06. The smallest absolute Gasteiger partial charge is 0.306 e. The fourth-order valence-corrected chi connectivity index (χ4v) is 3.70. The minimum Gasteiger partial charge on any atom is -0.481 e. The maximum atomic E-state index is 12.5. The fourth-order valence-electron chi connectivity index (χ4n) is 3.70. The molecule has 2 aliphatic rings. The first-order valence-corrected chi connectivity index (χ1v) is 8.00. The van der Waals surface area contributed by atoms with Crippen LogP contribution in [0.3, 0.4) is 0 Å². The van der Waals surface area contributed by atoms with E-state index in [0.29, 0.717) is 18.8 Å². The second-order valence-electron chi connectivity index (χ2n) is 6.81. The molecule has 0 aromatic heterocycles. The minimum absolute atomic E-state index is 0.0494. The Morgan fingerprint density at radius 3 is 2.35 bits per heavy atom. The van der Waals surface area contributed by atoms with Crippen LogP contribution in [0.25, 0.3) is 0 Å². The lowest BCUT2D eigenvalue weighted by Crippen LogP contribution is -2.36. The van der Waals surface area contributed by atoms with Crippen LogP contribution in [-0.2, 0) is 9.59 Å². The normalized spacial score (nSPS) is 31.4. The van der Waals surface area contributed by atoms with Crippen molar-refractivity contribution in [2.75, 3.05) is 13.1 Å². The summed E-state index contributed by atoms with van der Waals surface area (Å²) in [5, 5.41) is 9.04. The topological polar surface area (TPSA) is 57.6 Å². The number of carbonyl (C=O) groups is 2. The predicted octanol–water partition coefficient (Wildman–Crippen LogP) is 2.77. The van der Waals surface area contributed by atoms with Gasteiger partial charge in [-0.1, -0.05) is 13.8 Å². The number of carbonyl (C=O) groups excluding carboxylic acids is 1. The van der Waals surface area contributed by atoms with E-state index >= 15 is 0 Å². The molecule has 1 saturated carbocycles. The quantitative estimate of drug-likeness (QED) is 0.865. The van der Waals surface area contributed by atoms with E-state index in [1.165, 1.54) is 6.42 Å². The molecule has 1 unspecified atom stereocenters. The van der Waals surface area contributed by atoms with Crippen molar-refractivity contribution in [2.45, 2.75) is 52.4 Å². The third-order valence-corrected chi connectivity index (χ3v) is 5.16. The lowest BCUT2D eigenvalue weighted by atomic mass is 9.89. The van der Waals surface area contributed by atoms with Crippen molar-refractivity contribution in [3.05, 3.63) is 0 Å². The molecule has 1 aliphatic carbocycles. The van der Waals surface area contributed by atoms with Gasteiger partial charge in [-0.15, -0.1) is 0 Å². The van der Waals surface area contributed by atoms with Crippen LogP contribution >= 0.6 is 0 Å². The van der Waals surface area contributed by atoms with Crippen LogP contribution in [0.4, 0.5) is 0 Å². The van der Waals surface area contributed by atoms with Crippen LogP contribution in [0.15, 0.2) is 0 Å². The molecule has 0 radical (unpaired) electrons. The van der Waals surface area contributed by atoms with Crippen LogP contribution in [0.2, 0.25) is 0 Å². The Balaban J connectivity index is 1.88. The van der Waals surface area contributed by atoms with Crippen molar-refractivity contribution in [3.63, 3.8) is 0 Å². The molecule has 0 aromatic rings. The zero-order valence-corrected chi connectivity index (χ0v) is 12.7. The molecule has 3 atom stereocenters. The van der Waals surface area contributed by atoms with Crippen molar-refractivity contribution >= 4 is 11.9 Å². The van der Waals surface area contributed by atoms with Gasteiger partial charge in [-0.2, -0.15) is 0 Å². The number of carboxylic acids is 1. The number of aliphatic carboxylic acids is 1. The average molecular weight is 281 g/mol. The Morgan fingerprint density at radius 1 is 1.05 bits per heavy atom. The lowest BCUT2D eigenvalue weighted by molar-refractivity contribution is -0.141. The van der Waals surface area contributed by atoms with Gasteiger partial charge in [0.2, 0.25) is 5.91 Å². The van der Waals surface area contributed by atoms with E-state index in [0.717, 1.165) is 38.3 Å². The Morgan fingerprint density at radius 2 is 1.75 bits per heavy atom. The molecular weight excluding hydrogens is 254 g/mol. The van der Waals surface area contributed by atoms with Gasteiger partial charge in [-0.3, -0.25) is 9.59 Å². The Bertz CT molecular complexity index is 367. The van der Waals surface area contributed by atoms with E-state index in [2.05, 4.69) is 13.8 Å². The number of carboxylic acid groups (broad SMARTS) is 1. The van der Waals surface area contributed by atoms with Crippen molar-refractivity contribution in [1.82, 2.24) is 4.90 Å². The zero-order chi connectivity index (χ0) is 14.7. The SMILES string of the molecule is CC(C)C1CCCN(C(=O)[C@@H]2CC[C@H](C(=O)O)C2)CC1. The third-order valence-electron chi connectivity index (χ3n) is 5.16. The zero-order valence-electron chi connectivity index (χ0n) is 12.7. The third kappa shape index (κ3) is 3.53. The minimum atomic E-state index is -0.740. The van der Waals surface area contributed by atoms with Crippen LogP contribution in [0.1, 0.15) is 52.4 Å².